The van der Waals surface area contributed by atoms with E-state index in [1.54, 1.807) is 17.0 Å². The first-order valence-electron chi connectivity index (χ1n) is 16.4. The Labute approximate surface area is 332 Å². The van der Waals surface area contributed by atoms with E-state index in [1.807, 2.05) is 60.7 Å². The van der Waals surface area contributed by atoms with Gasteiger partial charge in [0.1, 0.15) is 28.9 Å². The van der Waals surface area contributed by atoms with Gasteiger partial charge in [0, 0.05) is 23.1 Å². The van der Waals surface area contributed by atoms with Crippen LogP contribution in [0.4, 0.5) is 5.13 Å². The van der Waals surface area contributed by atoms with E-state index >= 15 is 0 Å². The zero-order valence-electron chi connectivity index (χ0n) is 28.2. The molecule has 0 radical (unpaired) electrons. The van der Waals surface area contributed by atoms with Crippen molar-refractivity contribution in [3.8, 4) is 0 Å². The summed E-state index contributed by atoms with van der Waals surface area (Å²) in [7, 11) is -1.79. The van der Waals surface area contributed by atoms with E-state index in [2.05, 4.69) is 20.8 Å². The van der Waals surface area contributed by atoms with Crippen molar-refractivity contribution in [1.29, 1.82) is 0 Å². The third-order valence-corrected chi connectivity index (χ3v) is 11.1. The maximum Gasteiger partial charge on any atom is 0.356 e. The number of nitrogens with zero attached hydrogens (tertiary/aromatic N) is 4. The third kappa shape index (κ3) is 8.24. The Hall–Kier alpha value is -5.34. The smallest absolute Gasteiger partial charge is 0.356 e. The number of aromatic nitrogens is 2. The topological polar surface area (TPSA) is 203 Å². The SMILES string of the molecule is NC(=O)c1cc[n+](CC2=C(C(=O)OC(c3ccccc3)c3ccccc3)N3C(=O)[C@@H](NC(=O)C(=NOC4CC4)c4csc(NC=O)n4)[C@H]3S(=O)C2)cc1.[I-]. The van der Waals surface area contributed by atoms with Crippen LogP contribution in [0.2, 0.25) is 0 Å². The molecule has 3 aliphatic rings. The number of amides is 4. The van der Waals surface area contributed by atoms with Gasteiger partial charge >= 0.3 is 5.97 Å². The molecule has 0 bridgehead atoms. The van der Waals surface area contributed by atoms with Gasteiger partial charge in [0.2, 0.25) is 12.3 Å². The Morgan fingerprint density at radius 3 is 2.30 bits per heavy atom. The molecule has 2 aromatic carbocycles. The molecule has 18 heteroatoms. The summed E-state index contributed by atoms with van der Waals surface area (Å²) in [6, 6.07) is 20.0. The molecule has 1 aliphatic carbocycles. The number of oxime groups is 1. The number of primary amides is 1. The van der Waals surface area contributed by atoms with Crippen molar-refractivity contribution in [3.05, 3.63) is 124 Å². The Bertz CT molecular complexity index is 2120. The molecule has 4 N–H and O–H groups in total. The maximum absolute atomic E-state index is 14.4. The van der Waals surface area contributed by atoms with Crippen molar-refractivity contribution in [1.82, 2.24) is 15.2 Å². The van der Waals surface area contributed by atoms with E-state index in [4.69, 9.17) is 15.3 Å². The van der Waals surface area contributed by atoms with Gasteiger partial charge < -0.3 is 49.9 Å². The van der Waals surface area contributed by atoms with Gasteiger partial charge in [0.25, 0.3) is 11.8 Å². The number of rotatable bonds is 14. The number of carbonyl (C=O) groups excluding carboxylic acids is 5. The number of nitrogens with two attached hydrogens (primary N) is 1. The van der Waals surface area contributed by atoms with Crippen LogP contribution in [0.5, 0.6) is 0 Å². The van der Waals surface area contributed by atoms with Gasteiger partial charge in [-0.25, -0.2) is 14.3 Å². The van der Waals surface area contributed by atoms with E-state index < -0.39 is 52.0 Å². The van der Waals surface area contributed by atoms with Gasteiger partial charge in [-0.1, -0.05) is 65.8 Å². The number of nitrogens with one attached hydrogen (secondary N) is 2. The molecule has 2 aliphatic heterocycles. The molecule has 0 spiro atoms. The van der Waals surface area contributed by atoms with Gasteiger partial charge in [0.05, 0.1) is 22.1 Å². The fraction of sp³-hybridized carbons (Fsp3) is 0.222. The molecule has 4 aromatic rings. The number of anilines is 1. The lowest BCUT2D eigenvalue weighted by molar-refractivity contribution is -0.689. The van der Waals surface area contributed by atoms with Crippen LogP contribution in [0.15, 0.2) is 107 Å². The van der Waals surface area contributed by atoms with E-state index in [1.165, 1.54) is 17.5 Å². The second-order valence-electron chi connectivity index (χ2n) is 12.3. The van der Waals surface area contributed by atoms with Crippen LogP contribution in [0.25, 0.3) is 0 Å². The second-order valence-corrected chi connectivity index (χ2v) is 14.7. The molecule has 1 saturated carbocycles. The molecular weight excluding hydrogens is 849 g/mol. The fourth-order valence-electron chi connectivity index (χ4n) is 5.87. The highest BCUT2D eigenvalue weighted by molar-refractivity contribution is 7.86. The van der Waals surface area contributed by atoms with Crippen LogP contribution in [0.1, 0.15) is 46.1 Å². The van der Waals surface area contributed by atoms with E-state index in [0.29, 0.717) is 23.1 Å². The molecule has 15 nitrogen and oxygen atoms in total. The first-order valence-corrected chi connectivity index (χ1v) is 18.7. The van der Waals surface area contributed by atoms with E-state index in [9.17, 15) is 28.2 Å². The summed E-state index contributed by atoms with van der Waals surface area (Å²) in [5, 5.41) is 9.67. The quantitative estimate of drug-likeness (QED) is 0.0262. The molecule has 278 valence electrons. The van der Waals surface area contributed by atoms with Crippen molar-refractivity contribution in [2.24, 2.45) is 10.9 Å². The van der Waals surface area contributed by atoms with Crippen LogP contribution in [-0.2, 0) is 46.1 Å². The minimum Gasteiger partial charge on any atom is -1.00 e. The minimum absolute atomic E-state index is 0. The molecule has 3 atom stereocenters. The summed E-state index contributed by atoms with van der Waals surface area (Å²) in [5.41, 5.74) is 7.17. The number of hydrogen-bond donors (Lipinski definition) is 3. The van der Waals surface area contributed by atoms with Crippen molar-refractivity contribution < 1.29 is 66.3 Å². The summed E-state index contributed by atoms with van der Waals surface area (Å²) in [4.78, 5) is 75.4. The number of pyridine rings is 1. The van der Waals surface area contributed by atoms with Crippen LogP contribution < -0.4 is 44.9 Å². The lowest BCUT2D eigenvalue weighted by Crippen LogP contribution is -3.00. The number of β-lactam (4-membered cyclic amide) rings is 1. The highest BCUT2D eigenvalue weighted by Gasteiger charge is 2.58. The largest absolute Gasteiger partial charge is 1.00 e. The second kappa shape index (κ2) is 16.8. The molecule has 1 unspecified atom stereocenters. The number of hydrogen-bond acceptors (Lipinski definition) is 11. The number of esters is 1. The number of fused-ring (bicyclic) bond motifs is 1. The number of benzene rings is 2. The molecule has 4 amide bonds. The maximum atomic E-state index is 14.4. The Morgan fingerprint density at radius 1 is 1.06 bits per heavy atom. The van der Waals surface area contributed by atoms with Gasteiger partial charge in [-0.15, -0.1) is 11.3 Å². The monoisotopic (exact) mass is 881 g/mol. The molecule has 7 rings (SSSR count). The summed E-state index contributed by atoms with van der Waals surface area (Å²) in [6.07, 6.45) is 4.14. The van der Waals surface area contributed by atoms with Gasteiger partial charge in [-0.3, -0.25) is 28.3 Å². The summed E-state index contributed by atoms with van der Waals surface area (Å²) in [6.45, 7) is 0.0282. The van der Waals surface area contributed by atoms with Crippen molar-refractivity contribution in [3.63, 3.8) is 0 Å². The van der Waals surface area contributed by atoms with Crippen LogP contribution in [-0.4, -0.2) is 73.2 Å². The zero-order chi connectivity index (χ0) is 37.1. The van der Waals surface area contributed by atoms with Gasteiger partial charge in [-0.05, 0) is 24.0 Å². The summed E-state index contributed by atoms with van der Waals surface area (Å²) in [5.74, 6) is -3.08. The van der Waals surface area contributed by atoms with Crippen molar-refractivity contribution >= 4 is 63.1 Å². The Balaban J connectivity index is 0.00000497. The standard InChI is InChI=1S/C36H31N7O8S2.HI/c37-31(45)23-13-15-42(16-14-23)17-24-19-53(49)34-28(40-32(46)27(41-51-25-11-12-25)26-18-52-36(39-26)38-20-44)33(47)43(34)29(24)35(48)50-30(21-7-3-1-4-8-21)22-9-5-2-6-10-22;/h1-10,13-16,18,20,25,28,30,34H,11-12,17,19H2,(H3-,37,38,39,40,44,45,46);1H/t28-,34-,53?;/m1./s1. The van der Waals surface area contributed by atoms with E-state index in [-0.39, 0.29) is 70.2 Å². The normalized spacial score (nSPS) is 19.2. The van der Waals surface area contributed by atoms with Crippen LogP contribution in [0, 0.1) is 0 Å². The molecule has 2 fully saturated rings. The lowest BCUT2D eigenvalue weighted by atomic mass is 10.0. The number of halogens is 1. The first kappa shape index (κ1) is 38.4. The van der Waals surface area contributed by atoms with Gasteiger partial charge in [-0.2, -0.15) is 0 Å². The minimum atomic E-state index is -1.79. The molecule has 1 saturated heterocycles. The van der Waals surface area contributed by atoms with Crippen LogP contribution >= 0.6 is 11.3 Å². The lowest BCUT2D eigenvalue weighted by Gasteiger charge is -2.49. The number of ether oxygens (including phenoxy) is 1. The van der Waals surface area contributed by atoms with Gasteiger partial charge in [0.15, 0.2) is 35.9 Å². The molecule has 4 heterocycles. The predicted molar refractivity (Wildman–Crippen MR) is 191 cm³/mol. The molecule has 2 aromatic heterocycles. The average Bonchev–Trinajstić information content (AvgIpc) is 3.89. The van der Waals surface area contributed by atoms with Crippen LogP contribution in [0.3, 0.4) is 0 Å². The predicted octanol–water partition coefficient (Wildman–Crippen LogP) is -1.31. The third-order valence-electron chi connectivity index (χ3n) is 8.63. The molecule has 54 heavy (non-hydrogen) atoms. The first-order chi connectivity index (χ1) is 25.7. The average molecular weight is 882 g/mol. The van der Waals surface area contributed by atoms with E-state index in [0.717, 1.165) is 29.1 Å². The molecular formula is C36H32IN7O8S2. The fourth-order valence-corrected chi connectivity index (χ4v) is 8.20. The number of carbonyl (C=O) groups is 5. The summed E-state index contributed by atoms with van der Waals surface area (Å²) >= 11 is 1.06. The highest BCUT2D eigenvalue weighted by atomic mass is 127. The summed E-state index contributed by atoms with van der Waals surface area (Å²) < 4.78 is 21.8. The number of thiazole rings is 1. The Morgan fingerprint density at radius 2 is 1.70 bits per heavy atom. The van der Waals surface area contributed by atoms with Crippen molar-refractivity contribution in [2.75, 3.05) is 11.1 Å². The van der Waals surface area contributed by atoms with Crippen molar-refractivity contribution in [2.45, 2.75) is 43.0 Å². The highest BCUT2D eigenvalue weighted by Crippen LogP contribution is 2.37. The zero-order valence-corrected chi connectivity index (χ0v) is 32.0. The Kier molecular flexibility index (Phi) is 11.9.